The van der Waals surface area contributed by atoms with Gasteiger partial charge in [-0.1, -0.05) is 18.2 Å². The van der Waals surface area contributed by atoms with Crippen LogP contribution in [0.5, 0.6) is 0 Å². The fourth-order valence-electron chi connectivity index (χ4n) is 1.94. The Hall–Kier alpha value is -2.69. The van der Waals surface area contributed by atoms with Crippen LogP contribution in [-0.4, -0.2) is 25.6 Å². The highest BCUT2D eigenvalue weighted by Gasteiger charge is 2.16. The maximum absolute atomic E-state index is 11.3. The summed E-state index contributed by atoms with van der Waals surface area (Å²) in [5.41, 5.74) is 1.54. The number of benzene rings is 1. The van der Waals surface area contributed by atoms with Gasteiger partial charge in [-0.3, -0.25) is 4.57 Å². The fourth-order valence-corrected chi connectivity index (χ4v) is 1.94. The van der Waals surface area contributed by atoms with Gasteiger partial charge in [-0.25, -0.2) is 14.8 Å². The molecule has 5 nitrogen and oxygen atoms in total. The molecule has 0 unspecified atom stereocenters. The summed E-state index contributed by atoms with van der Waals surface area (Å²) in [5, 5.41) is 9.97. The summed E-state index contributed by atoms with van der Waals surface area (Å²) >= 11 is 0. The molecule has 88 valence electrons. The fraction of sp³-hybridized carbons (Fsp3) is 0. The van der Waals surface area contributed by atoms with Crippen molar-refractivity contribution in [2.24, 2.45) is 0 Å². The summed E-state index contributed by atoms with van der Waals surface area (Å²) in [6.45, 7) is 0. The highest BCUT2D eigenvalue weighted by atomic mass is 16.4. The second-order valence-corrected chi connectivity index (χ2v) is 3.81. The minimum atomic E-state index is -0.989. The van der Waals surface area contributed by atoms with E-state index in [0.717, 1.165) is 5.69 Å². The van der Waals surface area contributed by atoms with Gasteiger partial charge in [-0.15, -0.1) is 0 Å². The number of carbonyl (C=O) groups is 1. The van der Waals surface area contributed by atoms with E-state index >= 15 is 0 Å². The second kappa shape index (κ2) is 3.96. The van der Waals surface area contributed by atoms with Crippen LogP contribution in [0.4, 0.5) is 0 Å². The summed E-state index contributed by atoms with van der Waals surface area (Å²) in [4.78, 5) is 19.3. The zero-order valence-corrected chi connectivity index (χ0v) is 9.32. The normalized spacial score (nSPS) is 10.7. The highest BCUT2D eigenvalue weighted by molar-refractivity contribution is 5.94. The minimum Gasteiger partial charge on any atom is -0.477 e. The van der Waals surface area contributed by atoms with Gasteiger partial charge in [0.25, 0.3) is 0 Å². The first kappa shape index (κ1) is 10.5. The van der Waals surface area contributed by atoms with E-state index in [2.05, 4.69) is 9.97 Å². The number of aromatic carboxylic acids is 1. The van der Waals surface area contributed by atoms with E-state index in [1.165, 1.54) is 6.33 Å². The molecule has 0 amide bonds. The lowest BCUT2D eigenvalue weighted by Crippen LogP contribution is -2.06. The monoisotopic (exact) mass is 239 g/mol. The number of fused-ring (bicyclic) bond motifs is 1. The molecule has 1 N–H and O–H groups in total. The van der Waals surface area contributed by atoms with Crippen LogP contribution >= 0.6 is 0 Å². The third kappa shape index (κ3) is 1.53. The molecule has 0 saturated heterocycles. The molecule has 0 aliphatic heterocycles. The van der Waals surface area contributed by atoms with Crippen LogP contribution in [0.3, 0.4) is 0 Å². The molecule has 0 atom stereocenters. The summed E-state index contributed by atoms with van der Waals surface area (Å²) in [6.07, 6.45) is 3.02. The summed E-state index contributed by atoms with van der Waals surface area (Å²) in [5.74, 6) is -0.989. The average molecular weight is 239 g/mol. The van der Waals surface area contributed by atoms with Crippen molar-refractivity contribution in [2.75, 3.05) is 0 Å². The minimum absolute atomic E-state index is 0.178. The van der Waals surface area contributed by atoms with Crippen molar-refractivity contribution in [3.05, 3.63) is 54.6 Å². The van der Waals surface area contributed by atoms with Gasteiger partial charge in [-0.05, 0) is 18.2 Å². The lowest BCUT2D eigenvalue weighted by molar-refractivity contribution is 0.0688. The maximum Gasteiger partial charge on any atom is 0.352 e. The van der Waals surface area contributed by atoms with Crippen LogP contribution < -0.4 is 0 Å². The predicted molar refractivity (Wildman–Crippen MR) is 65.8 cm³/mol. The largest absolute Gasteiger partial charge is 0.477 e. The smallest absolute Gasteiger partial charge is 0.352 e. The Balaban J connectivity index is 2.38. The first-order valence-electron chi connectivity index (χ1n) is 5.37. The molecule has 5 heteroatoms. The first-order valence-corrected chi connectivity index (χ1v) is 5.37. The highest BCUT2D eigenvalue weighted by Crippen LogP contribution is 2.21. The van der Waals surface area contributed by atoms with Crippen molar-refractivity contribution in [2.45, 2.75) is 0 Å². The third-order valence-electron chi connectivity index (χ3n) is 2.70. The molecule has 0 saturated carbocycles. The summed E-state index contributed by atoms with van der Waals surface area (Å²) in [7, 11) is 0. The molecule has 0 radical (unpaired) electrons. The number of rotatable bonds is 2. The average Bonchev–Trinajstić information content (AvgIpc) is 2.79. The number of aromatic nitrogens is 3. The van der Waals surface area contributed by atoms with E-state index in [1.54, 1.807) is 16.8 Å². The predicted octanol–water partition coefficient (Wildman–Crippen LogP) is 2.12. The lowest BCUT2D eigenvalue weighted by Gasteiger charge is -2.06. The van der Waals surface area contributed by atoms with E-state index in [9.17, 15) is 9.90 Å². The van der Waals surface area contributed by atoms with Gasteiger partial charge in [0.15, 0.2) is 0 Å². The van der Waals surface area contributed by atoms with Crippen molar-refractivity contribution in [1.29, 1.82) is 0 Å². The van der Waals surface area contributed by atoms with Gasteiger partial charge < -0.3 is 5.11 Å². The first-order chi connectivity index (χ1) is 8.77. The zero-order valence-electron chi connectivity index (χ0n) is 9.32. The Morgan fingerprint density at radius 3 is 2.72 bits per heavy atom. The van der Waals surface area contributed by atoms with Crippen molar-refractivity contribution < 1.29 is 9.90 Å². The molecule has 0 spiro atoms. The Morgan fingerprint density at radius 2 is 2.00 bits per heavy atom. The van der Waals surface area contributed by atoms with Crippen LogP contribution in [-0.2, 0) is 0 Å². The van der Waals surface area contributed by atoms with Crippen LogP contribution in [0, 0.1) is 0 Å². The van der Waals surface area contributed by atoms with Gasteiger partial charge in [0.05, 0.1) is 0 Å². The van der Waals surface area contributed by atoms with Crippen LogP contribution in [0.15, 0.2) is 48.9 Å². The number of carboxylic acid groups (broad SMARTS) is 1. The van der Waals surface area contributed by atoms with Gasteiger partial charge in [0.1, 0.15) is 17.7 Å². The van der Waals surface area contributed by atoms with Crippen molar-refractivity contribution in [3.8, 4) is 5.69 Å². The van der Waals surface area contributed by atoms with Crippen molar-refractivity contribution in [3.63, 3.8) is 0 Å². The van der Waals surface area contributed by atoms with E-state index < -0.39 is 5.97 Å². The Kier molecular flexibility index (Phi) is 2.30. The topological polar surface area (TPSA) is 68.0 Å². The summed E-state index contributed by atoms with van der Waals surface area (Å²) in [6, 6.07) is 10.8. The molecule has 0 fully saturated rings. The molecule has 1 aromatic carbocycles. The third-order valence-corrected chi connectivity index (χ3v) is 2.70. The quantitative estimate of drug-likeness (QED) is 0.743. The standard InChI is InChI=1S/C13H9N3O2/c17-13(18)11-6-9-7-14-8-15-12(9)16(11)10-4-2-1-3-5-10/h1-8H,(H,17,18). The molecular weight excluding hydrogens is 230 g/mol. The molecular formula is C13H9N3O2. The van der Waals surface area contributed by atoms with E-state index in [1.807, 2.05) is 30.3 Å². The number of nitrogens with zero attached hydrogens (tertiary/aromatic N) is 3. The maximum atomic E-state index is 11.3. The molecule has 2 aromatic heterocycles. The Morgan fingerprint density at radius 1 is 1.22 bits per heavy atom. The van der Waals surface area contributed by atoms with E-state index in [-0.39, 0.29) is 5.69 Å². The van der Waals surface area contributed by atoms with E-state index in [4.69, 9.17) is 0 Å². The molecule has 3 aromatic rings. The molecule has 2 heterocycles. The molecule has 3 rings (SSSR count). The summed E-state index contributed by atoms with van der Waals surface area (Å²) < 4.78 is 1.61. The van der Waals surface area contributed by atoms with Gasteiger partial charge in [0.2, 0.25) is 0 Å². The molecule has 0 bridgehead atoms. The number of hydrogen-bond acceptors (Lipinski definition) is 3. The second-order valence-electron chi connectivity index (χ2n) is 3.81. The number of para-hydroxylation sites is 1. The Labute approximate surface area is 102 Å². The van der Waals surface area contributed by atoms with Crippen LogP contribution in [0.25, 0.3) is 16.7 Å². The molecule has 0 aliphatic rings. The number of carboxylic acids is 1. The molecule has 0 aliphatic carbocycles. The SMILES string of the molecule is O=C(O)c1cc2cncnc2n1-c1ccccc1. The van der Waals surface area contributed by atoms with Crippen LogP contribution in [0.1, 0.15) is 10.5 Å². The van der Waals surface area contributed by atoms with Crippen LogP contribution in [0.2, 0.25) is 0 Å². The van der Waals surface area contributed by atoms with Gasteiger partial charge >= 0.3 is 5.97 Å². The Bertz CT molecular complexity index is 719. The van der Waals surface area contributed by atoms with Crippen molar-refractivity contribution >= 4 is 17.0 Å². The lowest BCUT2D eigenvalue weighted by atomic mass is 10.3. The van der Waals surface area contributed by atoms with Crippen molar-refractivity contribution in [1.82, 2.24) is 14.5 Å². The number of hydrogen-bond donors (Lipinski definition) is 1. The molecule has 18 heavy (non-hydrogen) atoms. The van der Waals surface area contributed by atoms with Gasteiger partial charge in [0, 0.05) is 17.3 Å². The van der Waals surface area contributed by atoms with E-state index in [0.29, 0.717) is 11.0 Å². The van der Waals surface area contributed by atoms with Gasteiger partial charge in [-0.2, -0.15) is 0 Å². The zero-order chi connectivity index (χ0) is 12.5.